The van der Waals surface area contributed by atoms with Crippen LogP contribution in [0.1, 0.15) is 6.42 Å². The molecular formula is C21H22ClN5O5S. The van der Waals surface area contributed by atoms with Crippen molar-refractivity contribution >= 4 is 44.8 Å². The molecule has 2 amide bonds. The minimum atomic E-state index is -3.77. The van der Waals surface area contributed by atoms with Gasteiger partial charge in [-0.2, -0.15) is 5.10 Å². The minimum absolute atomic E-state index is 0.0181. The molecule has 174 valence electrons. The van der Waals surface area contributed by atoms with E-state index >= 15 is 0 Å². The number of halogens is 1. The zero-order valence-corrected chi connectivity index (χ0v) is 19.2. The summed E-state index contributed by atoms with van der Waals surface area (Å²) in [5.41, 5.74) is 0.997. The van der Waals surface area contributed by atoms with Crippen LogP contribution in [0.4, 0.5) is 11.4 Å². The monoisotopic (exact) mass is 491 g/mol. The second-order valence-electron chi connectivity index (χ2n) is 6.86. The Bertz CT molecular complexity index is 1230. The van der Waals surface area contributed by atoms with Crippen LogP contribution in [0.15, 0.2) is 65.8 Å². The first kappa shape index (κ1) is 24.2. The van der Waals surface area contributed by atoms with Crippen molar-refractivity contribution in [1.82, 2.24) is 14.5 Å². The third-order valence-corrected chi connectivity index (χ3v) is 6.04. The number of aromatic nitrogens is 2. The topological polar surface area (TPSA) is 131 Å². The maximum absolute atomic E-state index is 12.2. The van der Waals surface area contributed by atoms with Crippen LogP contribution in [0.3, 0.4) is 0 Å². The smallest absolute Gasteiger partial charge is 0.246 e. The molecule has 0 radical (unpaired) electrons. The molecule has 0 aliphatic rings. The quantitative estimate of drug-likeness (QED) is 0.399. The van der Waals surface area contributed by atoms with Gasteiger partial charge in [0.25, 0.3) is 0 Å². The molecule has 0 spiro atoms. The Morgan fingerprint density at radius 3 is 2.48 bits per heavy atom. The molecule has 0 atom stereocenters. The summed E-state index contributed by atoms with van der Waals surface area (Å²) in [6.07, 6.45) is 2.80. The van der Waals surface area contributed by atoms with E-state index in [4.69, 9.17) is 16.3 Å². The number of amides is 2. The highest BCUT2D eigenvalue weighted by molar-refractivity contribution is 7.89. The number of rotatable bonds is 10. The second kappa shape index (κ2) is 10.9. The summed E-state index contributed by atoms with van der Waals surface area (Å²) in [5, 5.41) is 9.68. The van der Waals surface area contributed by atoms with E-state index in [1.807, 2.05) is 0 Å². The first-order valence-electron chi connectivity index (χ1n) is 9.76. The van der Waals surface area contributed by atoms with Gasteiger partial charge in [-0.3, -0.25) is 14.3 Å². The van der Waals surface area contributed by atoms with E-state index in [1.54, 1.807) is 37.4 Å². The average Bonchev–Trinajstić information content (AvgIpc) is 3.20. The maximum Gasteiger partial charge on any atom is 0.246 e. The minimum Gasteiger partial charge on any atom is -0.497 e. The van der Waals surface area contributed by atoms with E-state index in [0.717, 1.165) is 0 Å². The van der Waals surface area contributed by atoms with E-state index in [-0.39, 0.29) is 30.3 Å². The number of hydrogen-bond acceptors (Lipinski definition) is 6. The highest BCUT2D eigenvalue weighted by atomic mass is 35.5. The molecule has 10 nitrogen and oxygen atoms in total. The lowest BCUT2D eigenvalue weighted by Gasteiger charge is -2.07. The van der Waals surface area contributed by atoms with E-state index in [0.29, 0.717) is 22.1 Å². The normalized spacial score (nSPS) is 11.1. The van der Waals surface area contributed by atoms with Gasteiger partial charge in [0.05, 0.1) is 23.9 Å². The molecule has 0 saturated carbocycles. The second-order valence-corrected chi connectivity index (χ2v) is 9.06. The molecule has 1 heterocycles. The third kappa shape index (κ3) is 7.31. The summed E-state index contributed by atoms with van der Waals surface area (Å²) in [4.78, 5) is 24.3. The van der Waals surface area contributed by atoms with Gasteiger partial charge in [0.1, 0.15) is 12.3 Å². The van der Waals surface area contributed by atoms with Gasteiger partial charge in [-0.25, -0.2) is 13.1 Å². The van der Waals surface area contributed by atoms with E-state index in [1.165, 1.54) is 35.3 Å². The lowest BCUT2D eigenvalue weighted by molar-refractivity contribution is -0.117. The summed E-state index contributed by atoms with van der Waals surface area (Å²) >= 11 is 5.82. The third-order valence-electron chi connectivity index (χ3n) is 4.35. The molecule has 2 aromatic carbocycles. The standard InChI is InChI=1S/C21H22ClN5O5S/c1-32-18-7-5-16(6-8-18)25-21(29)14-27-13-17(12-23-27)26-20(28)9-10-24-33(30,31)19-4-2-3-15(22)11-19/h2-8,11-13,24H,9-10,14H2,1H3,(H,25,29)(H,26,28). The molecular weight excluding hydrogens is 470 g/mol. The fraction of sp³-hybridized carbons (Fsp3) is 0.190. The fourth-order valence-electron chi connectivity index (χ4n) is 2.78. The van der Waals surface area contributed by atoms with Gasteiger partial charge >= 0.3 is 0 Å². The number of hydrogen-bond donors (Lipinski definition) is 3. The predicted octanol–water partition coefficient (Wildman–Crippen LogP) is 2.49. The Morgan fingerprint density at radius 2 is 1.79 bits per heavy atom. The number of carbonyl (C=O) groups is 2. The average molecular weight is 492 g/mol. The van der Waals surface area contributed by atoms with Crippen LogP contribution >= 0.6 is 11.6 Å². The highest BCUT2D eigenvalue weighted by Gasteiger charge is 2.15. The SMILES string of the molecule is COc1ccc(NC(=O)Cn2cc(NC(=O)CCNS(=O)(=O)c3cccc(Cl)c3)cn2)cc1. The molecule has 0 saturated heterocycles. The molecule has 12 heteroatoms. The number of anilines is 2. The van der Waals surface area contributed by atoms with Crippen LogP contribution in [0, 0.1) is 0 Å². The van der Waals surface area contributed by atoms with Crippen molar-refractivity contribution in [3.8, 4) is 5.75 Å². The maximum atomic E-state index is 12.2. The van der Waals surface area contributed by atoms with Gasteiger partial charge in [-0.1, -0.05) is 17.7 Å². The molecule has 3 N–H and O–H groups in total. The van der Waals surface area contributed by atoms with Crippen LogP contribution in [-0.2, 0) is 26.2 Å². The zero-order valence-electron chi connectivity index (χ0n) is 17.6. The molecule has 0 bridgehead atoms. The van der Waals surface area contributed by atoms with E-state index in [9.17, 15) is 18.0 Å². The number of carbonyl (C=O) groups excluding carboxylic acids is 2. The van der Waals surface area contributed by atoms with Crippen molar-refractivity contribution in [1.29, 1.82) is 0 Å². The Kier molecular flexibility index (Phi) is 8.04. The lowest BCUT2D eigenvalue weighted by atomic mass is 10.3. The molecule has 1 aromatic heterocycles. The molecule has 0 fully saturated rings. The van der Waals surface area contributed by atoms with Crippen molar-refractivity contribution in [3.63, 3.8) is 0 Å². The van der Waals surface area contributed by atoms with Gasteiger partial charge in [0.15, 0.2) is 0 Å². The number of ether oxygens (including phenoxy) is 1. The zero-order chi connectivity index (χ0) is 23.8. The van der Waals surface area contributed by atoms with Crippen LogP contribution in [0.5, 0.6) is 5.75 Å². The van der Waals surface area contributed by atoms with Gasteiger partial charge in [0, 0.05) is 29.9 Å². The number of benzene rings is 2. The van der Waals surface area contributed by atoms with Crippen molar-refractivity contribution in [3.05, 3.63) is 65.9 Å². The first-order chi connectivity index (χ1) is 15.7. The molecule has 3 rings (SSSR count). The molecule has 0 unspecified atom stereocenters. The van der Waals surface area contributed by atoms with Crippen LogP contribution in [0.2, 0.25) is 5.02 Å². The number of nitrogens with one attached hydrogen (secondary N) is 3. The van der Waals surface area contributed by atoms with E-state index in [2.05, 4.69) is 20.5 Å². The predicted molar refractivity (Wildman–Crippen MR) is 124 cm³/mol. The number of nitrogens with zero attached hydrogens (tertiary/aromatic N) is 2. The summed E-state index contributed by atoms with van der Waals surface area (Å²) < 4.78 is 33.3. The number of methoxy groups -OCH3 is 1. The van der Waals surface area contributed by atoms with Crippen molar-refractivity contribution in [2.45, 2.75) is 17.9 Å². The Hall–Kier alpha value is -3.41. The molecule has 3 aromatic rings. The van der Waals surface area contributed by atoms with Crippen molar-refractivity contribution < 1.29 is 22.7 Å². The molecule has 33 heavy (non-hydrogen) atoms. The van der Waals surface area contributed by atoms with Crippen molar-refractivity contribution in [2.75, 3.05) is 24.3 Å². The van der Waals surface area contributed by atoms with Gasteiger partial charge < -0.3 is 15.4 Å². The highest BCUT2D eigenvalue weighted by Crippen LogP contribution is 2.16. The summed E-state index contributed by atoms with van der Waals surface area (Å²) in [6.45, 7) is -0.152. The van der Waals surface area contributed by atoms with Gasteiger partial charge in [0.2, 0.25) is 21.8 Å². The largest absolute Gasteiger partial charge is 0.497 e. The van der Waals surface area contributed by atoms with Gasteiger partial charge in [-0.15, -0.1) is 0 Å². The van der Waals surface area contributed by atoms with Crippen LogP contribution < -0.4 is 20.1 Å². The number of sulfonamides is 1. The fourth-order valence-corrected chi connectivity index (χ4v) is 4.11. The van der Waals surface area contributed by atoms with Gasteiger partial charge in [-0.05, 0) is 42.5 Å². The first-order valence-corrected chi connectivity index (χ1v) is 11.6. The Balaban J connectivity index is 1.44. The molecule has 0 aliphatic heterocycles. The Labute approximate surface area is 195 Å². The lowest BCUT2D eigenvalue weighted by Crippen LogP contribution is -2.27. The van der Waals surface area contributed by atoms with Crippen molar-refractivity contribution in [2.24, 2.45) is 0 Å². The Morgan fingerprint density at radius 1 is 1.06 bits per heavy atom. The van der Waals surface area contributed by atoms with E-state index < -0.39 is 15.9 Å². The summed E-state index contributed by atoms with van der Waals surface area (Å²) in [7, 11) is -2.22. The molecule has 0 aliphatic carbocycles. The van der Waals surface area contributed by atoms with Crippen LogP contribution in [0.25, 0.3) is 0 Å². The summed E-state index contributed by atoms with van der Waals surface area (Å²) in [6, 6.07) is 12.7. The van der Waals surface area contributed by atoms with Crippen LogP contribution in [-0.4, -0.2) is 43.7 Å². The summed E-state index contributed by atoms with van der Waals surface area (Å²) in [5.74, 6) is -0.0275.